The number of rotatable bonds is 18. The maximum absolute atomic E-state index is 13.8. The van der Waals surface area contributed by atoms with Gasteiger partial charge in [-0.1, -0.05) is 114 Å². The summed E-state index contributed by atoms with van der Waals surface area (Å²) in [6.45, 7) is 12.3. The molecule has 2 N–H and O–H groups in total. The van der Waals surface area contributed by atoms with Crippen LogP contribution in [0.2, 0.25) is 0 Å². The van der Waals surface area contributed by atoms with Gasteiger partial charge in [-0.25, -0.2) is 58.7 Å². The van der Waals surface area contributed by atoms with E-state index in [-0.39, 0.29) is 42.9 Å². The van der Waals surface area contributed by atoms with E-state index < -0.39 is 43.3 Å². The van der Waals surface area contributed by atoms with Gasteiger partial charge in [-0.05, 0) is 73.2 Å². The van der Waals surface area contributed by atoms with Crippen molar-refractivity contribution >= 4 is 31.4 Å². The van der Waals surface area contributed by atoms with Crippen LogP contribution in [0.5, 0.6) is 0 Å². The summed E-state index contributed by atoms with van der Waals surface area (Å²) in [5.41, 5.74) is 2.74. The monoisotopic (exact) mass is 966 g/mol. The van der Waals surface area contributed by atoms with E-state index in [9.17, 15) is 34.4 Å². The summed E-state index contributed by atoms with van der Waals surface area (Å²) < 4.78 is 110. The van der Waals surface area contributed by atoms with Crippen LogP contribution in [0.1, 0.15) is 114 Å². The molecule has 2 aliphatic rings. The second kappa shape index (κ2) is 29.4. The third-order valence-corrected chi connectivity index (χ3v) is 13.4. The Kier molecular flexibility index (Phi) is 25.8. The number of sulfonamides is 2. The summed E-state index contributed by atoms with van der Waals surface area (Å²) >= 11 is 0. The van der Waals surface area contributed by atoms with E-state index >= 15 is 0 Å². The van der Waals surface area contributed by atoms with Crippen molar-refractivity contribution in [2.24, 2.45) is 11.8 Å². The molecule has 0 fully saturated rings. The Morgan fingerprint density at radius 1 is 0.585 bits per heavy atom. The molecule has 0 radical (unpaired) electrons. The molecule has 0 spiro atoms. The Balaban J connectivity index is 0.000000361. The number of anilines is 2. The molecule has 13 heteroatoms. The maximum atomic E-state index is 13.8. The predicted molar refractivity (Wildman–Crippen MR) is 252 cm³/mol. The molecule has 2 atom stereocenters. The zero-order valence-corrected chi connectivity index (χ0v) is 41.5. The molecule has 0 aromatic heterocycles. The molecule has 4 aromatic carbocycles. The summed E-state index contributed by atoms with van der Waals surface area (Å²) in [7, 11) is -8.01. The Morgan fingerprint density at radius 3 is 1.25 bits per heavy atom. The van der Waals surface area contributed by atoms with Crippen LogP contribution in [0.15, 0.2) is 107 Å². The van der Waals surface area contributed by atoms with Crippen LogP contribution in [0, 0.1) is 73.2 Å². The molecule has 2 aliphatic carbocycles. The van der Waals surface area contributed by atoms with Crippen LogP contribution in [0.4, 0.5) is 28.9 Å². The molecular formula is C52H62F4N2O4S2Ti. The fourth-order valence-electron chi connectivity index (χ4n) is 6.89. The van der Waals surface area contributed by atoms with Gasteiger partial charge in [0.25, 0.3) is 20.0 Å². The number of benzene rings is 4. The van der Waals surface area contributed by atoms with Gasteiger partial charge < -0.3 is 9.44 Å². The Bertz CT molecular complexity index is 2250. The molecule has 348 valence electrons. The van der Waals surface area contributed by atoms with Crippen molar-refractivity contribution in [1.29, 1.82) is 0 Å². The normalized spacial score (nSPS) is 13.3. The molecule has 0 aliphatic heterocycles. The fourth-order valence-corrected chi connectivity index (χ4v) is 9.48. The third kappa shape index (κ3) is 20.0. The first-order chi connectivity index (χ1) is 30.5. The molecule has 0 saturated carbocycles. The van der Waals surface area contributed by atoms with Crippen molar-refractivity contribution < 1.29 is 56.1 Å². The van der Waals surface area contributed by atoms with Crippen molar-refractivity contribution in [1.82, 2.24) is 0 Å². The predicted octanol–water partition coefficient (Wildman–Crippen LogP) is 13.9. The van der Waals surface area contributed by atoms with Gasteiger partial charge in [0.05, 0.1) is 9.79 Å². The number of unbranched alkanes of at least 4 members (excludes halogenated alkanes) is 2. The van der Waals surface area contributed by atoms with Gasteiger partial charge in [0.1, 0.15) is 0 Å². The first-order valence-corrected chi connectivity index (χ1v) is 24.9. The molecule has 6 rings (SSSR count). The van der Waals surface area contributed by atoms with Crippen LogP contribution < -0.4 is 9.44 Å². The number of allylic oxidation sites excluding steroid dienone is 8. The molecule has 2 unspecified atom stereocenters. The topological polar surface area (TPSA) is 92.3 Å². The molecule has 6 nitrogen and oxygen atoms in total. The Labute approximate surface area is 401 Å². The zero-order chi connectivity index (χ0) is 47.1. The average Bonchev–Trinajstić information content (AvgIpc) is 4.04. The summed E-state index contributed by atoms with van der Waals surface area (Å²) in [4.78, 5) is 0.263. The van der Waals surface area contributed by atoms with Crippen molar-refractivity contribution in [2.45, 2.75) is 128 Å². The van der Waals surface area contributed by atoms with Crippen LogP contribution in [0.3, 0.4) is 0 Å². The third-order valence-electron chi connectivity index (χ3n) is 10.5. The fraction of sp³-hybridized carbons (Fsp3) is 0.385. The first kappa shape index (κ1) is 56.9. The van der Waals surface area contributed by atoms with E-state index in [4.69, 9.17) is 0 Å². The number of halogens is 4. The molecule has 0 amide bonds. The summed E-state index contributed by atoms with van der Waals surface area (Å²) in [6.07, 6.45) is 29.7. The Morgan fingerprint density at radius 2 is 0.969 bits per heavy atom. The van der Waals surface area contributed by atoms with Crippen LogP contribution in [-0.4, -0.2) is 16.8 Å². The number of hydrogen-bond donors (Lipinski definition) is 2. The van der Waals surface area contributed by atoms with E-state index in [1.54, 1.807) is 24.3 Å². The van der Waals surface area contributed by atoms with Crippen molar-refractivity contribution in [3.8, 4) is 0 Å². The van der Waals surface area contributed by atoms with Crippen molar-refractivity contribution in [2.75, 3.05) is 9.44 Å². The number of aryl methyl sites for hydroxylation is 2. The van der Waals surface area contributed by atoms with Gasteiger partial charge in [0.2, 0.25) is 0 Å². The zero-order valence-electron chi connectivity index (χ0n) is 38.3. The van der Waals surface area contributed by atoms with E-state index in [0.717, 1.165) is 111 Å². The quantitative estimate of drug-likeness (QED) is 0.0590. The largest absolute Gasteiger partial charge is 4.00 e. The van der Waals surface area contributed by atoms with Crippen molar-refractivity contribution in [3.63, 3.8) is 0 Å². The molecular weight excluding hydrogens is 905 g/mol. The van der Waals surface area contributed by atoms with Gasteiger partial charge >= 0.3 is 21.7 Å². The van der Waals surface area contributed by atoms with Gasteiger partial charge in [-0.2, -0.15) is 12.2 Å². The van der Waals surface area contributed by atoms with Gasteiger partial charge in [-0.15, -0.1) is 49.2 Å². The van der Waals surface area contributed by atoms with Gasteiger partial charge in [0, 0.05) is 23.3 Å². The molecule has 65 heavy (non-hydrogen) atoms. The smallest absolute Gasteiger partial charge is 0.330 e. The number of nitrogens with one attached hydrogen (secondary N) is 2. The minimum atomic E-state index is -4.00. The van der Waals surface area contributed by atoms with Crippen LogP contribution >= 0.6 is 0 Å². The Hall–Kier alpha value is -4.23. The summed E-state index contributed by atoms with van der Waals surface area (Å²) in [5, 5.41) is 0. The minimum absolute atomic E-state index is 0. The second-order valence-corrected chi connectivity index (χ2v) is 19.1. The molecule has 4 aromatic rings. The van der Waals surface area contributed by atoms with Crippen LogP contribution in [-0.2, 0) is 54.6 Å². The van der Waals surface area contributed by atoms with Gasteiger partial charge in [0.15, 0.2) is 0 Å². The van der Waals surface area contributed by atoms with E-state index in [2.05, 4.69) is 61.4 Å². The molecule has 0 saturated heterocycles. The minimum Gasteiger partial charge on any atom is -0.330 e. The van der Waals surface area contributed by atoms with E-state index in [0.29, 0.717) is 24.7 Å². The maximum Gasteiger partial charge on any atom is 4.00 e. The van der Waals surface area contributed by atoms with E-state index in [1.165, 1.54) is 0 Å². The first-order valence-electron chi connectivity index (χ1n) is 22.0. The van der Waals surface area contributed by atoms with Crippen molar-refractivity contribution in [3.05, 3.63) is 167 Å². The summed E-state index contributed by atoms with van der Waals surface area (Å²) in [6, 6.07) is 18.0. The number of hydrogen-bond acceptors (Lipinski definition) is 4. The summed E-state index contributed by atoms with van der Waals surface area (Å²) in [5.74, 6) is -3.13. The van der Waals surface area contributed by atoms with E-state index in [1.807, 2.05) is 62.4 Å². The molecule has 0 bridgehead atoms. The average molecular weight is 967 g/mol. The van der Waals surface area contributed by atoms with Gasteiger partial charge in [-0.3, -0.25) is 12.2 Å². The molecule has 0 heterocycles. The van der Waals surface area contributed by atoms with Crippen LogP contribution in [0.25, 0.3) is 0 Å². The second-order valence-electron chi connectivity index (χ2n) is 15.7. The standard InChI is InChI=1S/2C21H26F2NO2S.2C5H5.Ti/c2*1-4-6-7-16(5-2)13-17-12-15(3)8-11-21(17)27(25,26)24-20-10-9-18(22)14-19(20)23;2*1-2-4-5-3-1;/h2*8-12,16,24H,4-7,13H2,1-3H3;2*1-3H,4H2;/q4*-1;+4. The SMILES string of the molecule is CCCCC(CC)Cc1cc(C)ccc1S(=O)(=O)Nc1ccc(F)[c-]c1F.CCCCC(CC)Cc1cc(C)ccc1S(=O)(=O)Nc1ccc(F)[c-]c1F.[C-]1=CC=CC1.[C-]1=CC=CC1.[Ti+4].